The highest BCUT2D eigenvalue weighted by Gasteiger charge is 2.23. The Bertz CT molecular complexity index is 492. The Labute approximate surface area is 129 Å². The lowest BCUT2D eigenvalue weighted by Gasteiger charge is -2.24. The van der Waals surface area contributed by atoms with Gasteiger partial charge in [-0.25, -0.2) is 0 Å². The van der Waals surface area contributed by atoms with Gasteiger partial charge in [0.2, 0.25) is 5.91 Å². The summed E-state index contributed by atoms with van der Waals surface area (Å²) in [5.74, 6) is -1.60. The van der Waals surface area contributed by atoms with E-state index in [0.29, 0.717) is 18.1 Å². The maximum absolute atomic E-state index is 12.4. The number of benzene rings is 1. The van der Waals surface area contributed by atoms with Crippen molar-refractivity contribution in [2.24, 2.45) is 5.92 Å². The summed E-state index contributed by atoms with van der Waals surface area (Å²) in [6.07, 6.45) is 0.474. The predicted octanol–water partition coefficient (Wildman–Crippen LogP) is 2.08. The molecule has 0 bridgehead atoms. The number of methoxy groups -OCH3 is 1. The van der Waals surface area contributed by atoms with Crippen molar-refractivity contribution in [3.63, 3.8) is 0 Å². The fourth-order valence-corrected chi connectivity index (χ4v) is 2.24. The van der Waals surface area contributed by atoms with Gasteiger partial charge in [0.1, 0.15) is 6.54 Å². The fraction of sp³-hybridized carbons (Fsp3) is 0.467. The summed E-state index contributed by atoms with van der Waals surface area (Å²) in [5.41, 5.74) is 0.877. The molecule has 6 heteroatoms. The van der Waals surface area contributed by atoms with Gasteiger partial charge >= 0.3 is 5.97 Å². The lowest BCUT2D eigenvalue weighted by atomic mass is 9.99. The van der Waals surface area contributed by atoms with Crippen molar-refractivity contribution in [1.82, 2.24) is 4.90 Å². The maximum Gasteiger partial charge on any atom is 0.323 e. The Kier molecular flexibility index (Phi) is 7.19. The zero-order valence-corrected chi connectivity index (χ0v) is 13.0. The molecule has 0 saturated heterocycles. The molecule has 1 aromatic carbocycles. The Morgan fingerprint density at radius 1 is 1.38 bits per heavy atom. The molecule has 1 N–H and O–H groups in total. The van der Waals surface area contributed by atoms with Crippen LogP contribution in [0, 0.1) is 5.92 Å². The molecular formula is C15H20ClNO4. The number of rotatable bonds is 8. The molecule has 1 amide bonds. The summed E-state index contributed by atoms with van der Waals surface area (Å²) >= 11 is 6.08. The average Bonchev–Trinajstić information content (AvgIpc) is 2.44. The van der Waals surface area contributed by atoms with Gasteiger partial charge < -0.3 is 14.7 Å². The molecule has 1 unspecified atom stereocenters. The van der Waals surface area contributed by atoms with Gasteiger partial charge in [-0.1, -0.05) is 36.7 Å². The Hall–Kier alpha value is -1.59. The molecule has 21 heavy (non-hydrogen) atoms. The van der Waals surface area contributed by atoms with Crippen LogP contribution in [-0.4, -0.2) is 48.7 Å². The monoisotopic (exact) mass is 313 g/mol. The van der Waals surface area contributed by atoms with E-state index in [-0.39, 0.29) is 24.9 Å². The van der Waals surface area contributed by atoms with E-state index in [1.165, 1.54) is 12.0 Å². The summed E-state index contributed by atoms with van der Waals surface area (Å²) < 4.78 is 4.91. The molecule has 0 aliphatic rings. The number of amides is 1. The number of carbonyl (C=O) groups excluding carboxylic acids is 1. The molecule has 0 aliphatic carbocycles. The van der Waals surface area contributed by atoms with Crippen LogP contribution in [0.2, 0.25) is 5.02 Å². The van der Waals surface area contributed by atoms with Crippen molar-refractivity contribution in [3.05, 3.63) is 34.9 Å². The number of hydrogen-bond donors (Lipinski definition) is 1. The van der Waals surface area contributed by atoms with Crippen LogP contribution in [0.4, 0.5) is 0 Å². The maximum atomic E-state index is 12.4. The van der Waals surface area contributed by atoms with Gasteiger partial charge in [-0.15, -0.1) is 0 Å². The van der Waals surface area contributed by atoms with E-state index in [1.54, 1.807) is 13.0 Å². The topological polar surface area (TPSA) is 66.8 Å². The van der Waals surface area contributed by atoms with E-state index < -0.39 is 5.97 Å². The second-order valence-electron chi connectivity index (χ2n) is 4.84. The first-order chi connectivity index (χ1) is 9.95. The molecule has 1 aromatic rings. The standard InChI is InChI=1S/C15H20ClNO4/c1-11(9-12-5-3-4-6-13(12)16)15(20)17(7-8-21-2)10-14(18)19/h3-6,11H,7-10H2,1-2H3,(H,18,19). The molecule has 0 aliphatic heterocycles. The zero-order valence-electron chi connectivity index (χ0n) is 12.2. The zero-order chi connectivity index (χ0) is 15.8. The third kappa shape index (κ3) is 5.73. The lowest BCUT2D eigenvalue weighted by Crippen LogP contribution is -2.41. The average molecular weight is 314 g/mol. The van der Waals surface area contributed by atoms with Crippen molar-refractivity contribution in [1.29, 1.82) is 0 Å². The molecule has 1 atom stereocenters. The molecule has 116 valence electrons. The van der Waals surface area contributed by atoms with Crippen LogP contribution >= 0.6 is 11.6 Å². The quantitative estimate of drug-likeness (QED) is 0.798. The van der Waals surface area contributed by atoms with E-state index in [0.717, 1.165) is 5.56 Å². The predicted molar refractivity (Wildman–Crippen MR) is 80.4 cm³/mol. The number of aliphatic carboxylic acids is 1. The van der Waals surface area contributed by atoms with Gasteiger partial charge in [0.25, 0.3) is 0 Å². The highest BCUT2D eigenvalue weighted by Crippen LogP contribution is 2.19. The first kappa shape index (κ1) is 17.5. The summed E-state index contributed by atoms with van der Waals surface area (Å²) in [6.45, 7) is 2.01. The van der Waals surface area contributed by atoms with E-state index in [1.807, 2.05) is 18.2 Å². The van der Waals surface area contributed by atoms with Crippen LogP contribution in [0.1, 0.15) is 12.5 Å². The number of ether oxygens (including phenoxy) is 1. The van der Waals surface area contributed by atoms with Crippen LogP contribution in [0.5, 0.6) is 0 Å². The fourth-order valence-electron chi connectivity index (χ4n) is 2.02. The molecule has 5 nitrogen and oxygen atoms in total. The van der Waals surface area contributed by atoms with Crippen LogP contribution in [-0.2, 0) is 20.7 Å². The molecule has 0 heterocycles. The highest BCUT2D eigenvalue weighted by atomic mass is 35.5. The van der Waals surface area contributed by atoms with Crippen molar-refractivity contribution in [3.8, 4) is 0 Å². The van der Waals surface area contributed by atoms with Gasteiger partial charge in [-0.05, 0) is 18.1 Å². The second kappa shape index (κ2) is 8.64. The second-order valence-corrected chi connectivity index (χ2v) is 5.25. The Balaban J connectivity index is 2.73. The Morgan fingerprint density at radius 3 is 2.62 bits per heavy atom. The number of halogens is 1. The number of nitrogens with zero attached hydrogens (tertiary/aromatic N) is 1. The molecule has 1 rings (SSSR count). The third-order valence-corrected chi connectivity index (χ3v) is 3.48. The third-order valence-electron chi connectivity index (χ3n) is 3.11. The number of carboxylic acids is 1. The first-order valence-corrected chi connectivity index (χ1v) is 7.06. The lowest BCUT2D eigenvalue weighted by molar-refractivity contribution is -0.146. The molecule has 0 spiro atoms. The van der Waals surface area contributed by atoms with E-state index >= 15 is 0 Å². The normalized spacial score (nSPS) is 12.0. The van der Waals surface area contributed by atoms with Crippen LogP contribution in [0.3, 0.4) is 0 Å². The van der Waals surface area contributed by atoms with Gasteiger partial charge in [-0.2, -0.15) is 0 Å². The van der Waals surface area contributed by atoms with E-state index in [2.05, 4.69) is 0 Å². The van der Waals surface area contributed by atoms with Crippen molar-refractivity contribution in [2.45, 2.75) is 13.3 Å². The van der Waals surface area contributed by atoms with Crippen LogP contribution in [0.25, 0.3) is 0 Å². The number of carbonyl (C=O) groups is 2. The highest BCUT2D eigenvalue weighted by molar-refractivity contribution is 6.31. The van der Waals surface area contributed by atoms with Crippen molar-refractivity contribution < 1.29 is 19.4 Å². The number of hydrogen-bond acceptors (Lipinski definition) is 3. The van der Waals surface area contributed by atoms with Crippen LogP contribution < -0.4 is 0 Å². The summed E-state index contributed by atoms with van der Waals surface area (Å²) in [6, 6.07) is 7.32. The van der Waals surface area contributed by atoms with Gasteiger partial charge in [0.05, 0.1) is 6.61 Å². The molecular weight excluding hydrogens is 294 g/mol. The Morgan fingerprint density at radius 2 is 2.05 bits per heavy atom. The van der Waals surface area contributed by atoms with Gasteiger partial charge in [-0.3, -0.25) is 9.59 Å². The van der Waals surface area contributed by atoms with E-state index in [9.17, 15) is 9.59 Å². The van der Waals surface area contributed by atoms with Crippen molar-refractivity contribution in [2.75, 3.05) is 26.8 Å². The first-order valence-electron chi connectivity index (χ1n) is 6.68. The summed E-state index contributed by atoms with van der Waals surface area (Å²) in [7, 11) is 1.51. The SMILES string of the molecule is COCCN(CC(=O)O)C(=O)C(C)Cc1ccccc1Cl. The van der Waals surface area contributed by atoms with E-state index in [4.69, 9.17) is 21.4 Å². The van der Waals surface area contributed by atoms with Crippen LogP contribution in [0.15, 0.2) is 24.3 Å². The number of carboxylic acid groups (broad SMARTS) is 1. The molecule has 0 aromatic heterocycles. The molecule has 0 radical (unpaired) electrons. The summed E-state index contributed by atoms with van der Waals surface area (Å²) in [4.78, 5) is 24.5. The minimum absolute atomic E-state index is 0.214. The minimum Gasteiger partial charge on any atom is -0.480 e. The summed E-state index contributed by atoms with van der Waals surface area (Å²) in [5, 5.41) is 9.50. The largest absolute Gasteiger partial charge is 0.480 e. The van der Waals surface area contributed by atoms with Gasteiger partial charge in [0, 0.05) is 24.6 Å². The molecule has 0 fully saturated rings. The van der Waals surface area contributed by atoms with Crippen molar-refractivity contribution >= 4 is 23.5 Å². The smallest absolute Gasteiger partial charge is 0.323 e. The van der Waals surface area contributed by atoms with Gasteiger partial charge in [0.15, 0.2) is 0 Å². The minimum atomic E-state index is -1.04. The molecule has 0 saturated carbocycles.